The zero-order chi connectivity index (χ0) is 26.1. The number of hydrazone groups is 2. The number of nitrogens with one attached hydrogen (secondary N) is 2. The van der Waals surface area contributed by atoms with Crippen LogP contribution in [-0.4, -0.2) is 59.5 Å². The Hall–Kier alpha value is -4.66. The first-order valence-electron chi connectivity index (χ1n) is 11.2. The van der Waals surface area contributed by atoms with E-state index in [9.17, 15) is 9.59 Å². The lowest BCUT2D eigenvalue weighted by Gasteiger charge is -2.12. The topological polar surface area (TPSA) is 98.6 Å². The average molecular weight is 487 g/mol. The Morgan fingerprint density at radius 1 is 0.694 bits per heavy atom. The van der Waals surface area contributed by atoms with Gasteiger partial charge < -0.3 is 14.5 Å². The van der Waals surface area contributed by atoms with Gasteiger partial charge in [0.25, 0.3) is 11.8 Å². The van der Waals surface area contributed by atoms with Crippen molar-refractivity contribution in [3.8, 4) is 5.75 Å². The molecule has 0 radical (unpaired) electrons. The van der Waals surface area contributed by atoms with E-state index in [0.29, 0.717) is 28.0 Å². The monoisotopic (exact) mass is 486 g/mol. The molecule has 186 valence electrons. The summed E-state index contributed by atoms with van der Waals surface area (Å²) >= 11 is 0. The summed E-state index contributed by atoms with van der Waals surface area (Å²) in [4.78, 5) is 28.6. The second-order valence-electron chi connectivity index (χ2n) is 8.32. The normalized spacial score (nSPS) is 10.9. The summed E-state index contributed by atoms with van der Waals surface area (Å²) < 4.78 is 5.34. The molecule has 0 aliphatic carbocycles. The van der Waals surface area contributed by atoms with Gasteiger partial charge in [-0.25, -0.2) is 10.9 Å². The maximum Gasteiger partial charge on any atom is 0.271 e. The van der Waals surface area contributed by atoms with Crippen LogP contribution in [0.5, 0.6) is 5.75 Å². The maximum absolute atomic E-state index is 12.4. The Labute approximate surface area is 211 Å². The van der Waals surface area contributed by atoms with Crippen LogP contribution in [0.4, 0.5) is 11.4 Å². The summed E-state index contributed by atoms with van der Waals surface area (Å²) in [5.74, 6) is -0.0540. The van der Waals surface area contributed by atoms with E-state index in [-0.39, 0.29) is 11.8 Å². The van der Waals surface area contributed by atoms with Crippen molar-refractivity contribution in [2.75, 3.05) is 45.1 Å². The third kappa shape index (κ3) is 7.17. The molecule has 9 nitrogen and oxygen atoms in total. The highest BCUT2D eigenvalue weighted by Gasteiger charge is 2.06. The molecule has 0 unspecified atom stereocenters. The Morgan fingerprint density at radius 3 is 1.42 bits per heavy atom. The highest BCUT2D eigenvalue weighted by molar-refractivity contribution is 5.96. The molecule has 2 N–H and O–H groups in total. The molecule has 0 saturated carbocycles. The predicted molar refractivity (Wildman–Crippen MR) is 145 cm³/mol. The molecule has 3 rings (SSSR count). The van der Waals surface area contributed by atoms with Crippen molar-refractivity contribution < 1.29 is 14.3 Å². The molecule has 0 saturated heterocycles. The molecule has 0 aromatic heterocycles. The molecule has 0 bridgehead atoms. The van der Waals surface area contributed by atoms with E-state index >= 15 is 0 Å². The van der Waals surface area contributed by atoms with Crippen LogP contribution in [0.25, 0.3) is 0 Å². The summed E-state index contributed by atoms with van der Waals surface area (Å²) in [5, 5.41) is 8.10. The standard InChI is InChI=1S/C27H30N6O3/c1-32(2)23-10-6-21(7-11-23)26(34)30-28-17-19-14-20(16-25(15-19)36-5)18-29-31-27(35)22-8-12-24(13-9-22)33(3)4/h6-18H,1-5H3,(H,30,34)(H,31,35). The molecule has 0 aliphatic rings. The number of hydrogen-bond donors (Lipinski definition) is 2. The van der Waals surface area contributed by atoms with Gasteiger partial charge in [-0.1, -0.05) is 0 Å². The van der Waals surface area contributed by atoms with Crippen molar-refractivity contribution in [3.05, 3.63) is 89.0 Å². The van der Waals surface area contributed by atoms with Crippen molar-refractivity contribution in [2.45, 2.75) is 0 Å². The number of ether oxygens (including phenoxy) is 1. The molecular formula is C27H30N6O3. The van der Waals surface area contributed by atoms with Gasteiger partial charge in [0, 0.05) is 50.7 Å². The second kappa shape index (κ2) is 12.2. The van der Waals surface area contributed by atoms with Crippen molar-refractivity contribution in [3.63, 3.8) is 0 Å². The molecule has 36 heavy (non-hydrogen) atoms. The maximum atomic E-state index is 12.4. The third-order valence-electron chi connectivity index (χ3n) is 5.24. The van der Waals surface area contributed by atoms with Gasteiger partial charge >= 0.3 is 0 Å². The van der Waals surface area contributed by atoms with E-state index in [0.717, 1.165) is 11.4 Å². The van der Waals surface area contributed by atoms with E-state index in [2.05, 4.69) is 21.1 Å². The summed E-state index contributed by atoms with van der Waals surface area (Å²) in [6.45, 7) is 0. The predicted octanol–water partition coefficient (Wildman–Crippen LogP) is 3.36. The van der Waals surface area contributed by atoms with Crippen LogP contribution in [0.2, 0.25) is 0 Å². The molecule has 9 heteroatoms. The van der Waals surface area contributed by atoms with Gasteiger partial charge in [0.2, 0.25) is 0 Å². The van der Waals surface area contributed by atoms with Gasteiger partial charge in [0.1, 0.15) is 5.75 Å². The minimum Gasteiger partial charge on any atom is -0.497 e. The van der Waals surface area contributed by atoms with Gasteiger partial charge in [0.15, 0.2) is 0 Å². The minimum absolute atomic E-state index is 0.317. The Balaban J connectivity index is 1.63. The van der Waals surface area contributed by atoms with E-state index in [1.807, 2.05) is 62.3 Å². The zero-order valence-electron chi connectivity index (χ0n) is 21.0. The zero-order valence-corrected chi connectivity index (χ0v) is 21.0. The van der Waals surface area contributed by atoms with Crippen molar-refractivity contribution in [1.82, 2.24) is 10.9 Å². The number of anilines is 2. The fraction of sp³-hybridized carbons (Fsp3) is 0.185. The first-order chi connectivity index (χ1) is 17.3. The van der Waals surface area contributed by atoms with Crippen LogP contribution in [0.1, 0.15) is 31.8 Å². The molecule has 0 aliphatic heterocycles. The van der Waals surface area contributed by atoms with Gasteiger partial charge in [-0.15, -0.1) is 0 Å². The number of methoxy groups -OCH3 is 1. The summed E-state index contributed by atoms with van der Waals surface area (Å²) in [6, 6.07) is 19.8. The second-order valence-corrected chi connectivity index (χ2v) is 8.32. The minimum atomic E-state index is -0.317. The van der Waals surface area contributed by atoms with Crippen LogP contribution in [0, 0.1) is 0 Å². The van der Waals surface area contributed by atoms with E-state index < -0.39 is 0 Å². The number of amides is 2. The average Bonchev–Trinajstić information content (AvgIpc) is 2.88. The van der Waals surface area contributed by atoms with Gasteiger partial charge in [-0.3, -0.25) is 9.59 Å². The molecule has 0 heterocycles. The molecule has 3 aromatic carbocycles. The first kappa shape index (κ1) is 26.0. The van der Waals surface area contributed by atoms with Gasteiger partial charge in [-0.05, 0) is 77.9 Å². The summed E-state index contributed by atoms with van der Waals surface area (Å²) in [7, 11) is 9.29. The first-order valence-corrected chi connectivity index (χ1v) is 11.2. The van der Waals surface area contributed by atoms with Crippen molar-refractivity contribution in [1.29, 1.82) is 0 Å². The van der Waals surface area contributed by atoms with Crippen LogP contribution in [-0.2, 0) is 0 Å². The molecule has 0 atom stereocenters. The Morgan fingerprint density at radius 2 is 1.08 bits per heavy atom. The van der Waals surface area contributed by atoms with Crippen LogP contribution in [0.3, 0.4) is 0 Å². The fourth-order valence-electron chi connectivity index (χ4n) is 3.19. The summed E-state index contributed by atoms with van der Waals surface area (Å²) in [6.07, 6.45) is 3.02. The number of nitrogens with zero attached hydrogens (tertiary/aromatic N) is 4. The highest BCUT2D eigenvalue weighted by atomic mass is 16.5. The number of hydrogen-bond acceptors (Lipinski definition) is 7. The van der Waals surface area contributed by atoms with E-state index in [1.54, 1.807) is 49.6 Å². The van der Waals surface area contributed by atoms with E-state index in [4.69, 9.17) is 4.74 Å². The highest BCUT2D eigenvalue weighted by Crippen LogP contribution is 2.16. The van der Waals surface area contributed by atoms with Crippen LogP contribution >= 0.6 is 0 Å². The lowest BCUT2D eigenvalue weighted by Crippen LogP contribution is -2.18. The van der Waals surface area contributed by atoms with Gasteiger partial charge in [-0.2, -0.15) is 10.2 Å². The number of rotatable bonds is 9. The number of benzene rings is 3. The smallest absolute Gasteiger partial charge is 0.271 e. The van der Waals surface area contributed by atoms with E-state index in [1.165, 1.54) is 12.4 Å². The number of carbonyl (C=O) groups excluding carboxylic acids is 2. The van der Waals surface area contributed by atoms with Crippen molar-refractivity contribution in [2.24, 2.45) is 10.2 Å². The molecular weight excluding hydrogens is 456 g/mol. The van der Waals surface area contributed by atoms with Crippen LogP contribution in [0.15, 0.2) is 76.9 Å². The Bertz CT molecular complexity index is 1160. The molecule has 3 aromatic rings. The largest absolute Gasteiger partial charge is 0.497 e. The third-order valence-corrected chi connectivity index (χ3v) is 5.24. The van der Waals surface area contributed by atoms with Crippen molar-refractivity contribution >= 4 is 35.6 Å². The lowest BCUT2D eigenvalue weighted by molar-refractivity contribution is 0.0947. The lowest BCUT2D eigenvalue weighted by atomic mass is 10.1. The fourth-order valence-corrected chi connectivity index (χ4v) is 3.19. The quantitative estimate of drug-likeness (QED) is 0.357. The molecule has 0 fully saturated rings. The molecule has 0 spiro atoms. The SMILES string of the molecule is COc1cc(C=NNC(=O)c2ccc(N(C)C)cc2)cc(C=NNC(=O)c2ccc(N(C)C)cc2)c1. The van der Waals surface area contributed by atoms with Crippen LogP contribution < -0.4 is 25.4 Å². The summed E-state index contributed by atoms with van der Waals surface area (Å²) in [5.41, 5.74) is 9.42. The van der Waals surface area contributed by atoms with Gasteiger partial charge in [0.05, 0.1) is 19.5 Å². The molecule has 2 amide bonds. The Kier molecular flexibility index (Phi) is 8.77. The number of carbonyl (C=O) groups is 2.